The van der Waals surface area contributed by atoms with Crippen LogP contribution in [0.5, 0.6) is 0 Å². The number of aliphatic carboxylic acids is 1. The Kier molecular flexibility index (Phi) is 3.32. The molecule has 108 valence electrons. The first-order valence-corrected chi connectivity index (χ1v) is 6.65. The Morgan fingerprint density at radius 2 is 2.00 bits per heavy atom. The molecule has 0 saturated heterocycles. The minimum absolute atomic E-state index is 0.0534. The van der Waals surface area contributed by atoms with Crippen LogP contribution in [0, 0.1) is 21.4 Å². The Labute approximate surface area is 117 Å². The lowest BCUT2D eigenvalue weighted by atomic mass is 9.52. The van der Waals surface area contributed by atoms with Crippen molar-refractivity contribution in [2.45, 2.75) is 39.0 Å². The van der Waals surface area contributed by atoms with E-state index in [2.05, 4.69) is 20.8 Å². The molecule has 0 amide bonds. The zero-order valence-corrected chi connectivity index (χ0v) is 11.9. The molecule has 1 aliphatic carbocycles. The molecule has 1 aromatic carbocycles. The molecule has 5 heteroatoms. The lowest BCUT2D eigenvalue weighted by Crippen LogP contribution is -2.51. The molecule has 1 fully saturated rings. The molecule has 0 unspecified atom stereocenters. The predicted molar refractivity (Wildman–Crippen MR) is 74.6 cm³/mol. The van der Waals surface area contributed by atoms with Crippen LogP contribution >= 0.6 is 0 Å². The Morgan fingerprint density at radius 3 is 2.45 bits per heavy atom. The number of rotatable bonds is 3. The van der Waals surface area contributed by atoms with Gasteiger partial charge in [-0.05, 0) is 29.7 Å². The third kappa shape index (κ3) is 2.28. The number of carboxylic acid groups (broad SMARTS) is 1. The fourth-order valence-corrected chi connectivity index (χ4v) is 2.84. The Morgan fingerprint density at radius 1 is 1.40 bits per heavy atom. The second-order valence-electron chi connectivity index (χ2n) is 6.67. The van der Waals surface area contributed by atoms with Crippen molar-refractivity contribution in [3.05, 3.63) is 39.9 Å². The van der Waals surface area contributed by atoms with Gasteiger partial charge in [0.05, 0.1) is 10.3 Å². The highest BCUT2D eigenvalue weighted by atomic mass is 16.6. The van der Waals surface area contributed by atoms with Crippen LogP contribution in [0.1, 0.15) is 39.2 Å². The van der Waals surface area contributed by atoms with Crippen LogP contribution in [0.3, 0.4) is 0 Å². The summed E-state index contributed by atoms with van der Waals surface area (Å²) in [7, 11) is 0. The molecule has 20 heavy (non-hydrogen) atoms. The van der Waals surface area contributed by atoms with E-state index in [-0.39, 0.29) is 11.1 Å². The molecule has 1 saturated carbocycles. The maximum absolute atomic E-state index is 11.7. The van der Waals surface area contributed by atoms with Crippen LogP contribution in [0.25, 0.3) is 0 Å². The molecule has 0 atom stereocenters. The standard InChI is InChI=1S/C15H19NO4/c1-14(2,3)11-8-15(9-11,13(17)18)10-5-4-6-12(7-10)16(19)20/h4-7,11H,8-9H2,1-3H3,(H,17,18). The third-order valence-corrected chi connectivity index (χ3v) is 4.43. The van der Waals surface area contributed by atoms with Gasteiger partial charge in [0.1, 0.15) is 0 Å². The van der Waals surface area contributed by atoms with Crippen LogP contribution in [0.2, 0.25) is 0 Å². The molecule has 0 aromatic heterocycles. The van der Waals surface area contributed by atoms with Gasteiger partial charge >= 0.3 is 5.97 Å². The molecule has 0 spiro atoms. The van der Waals surface area contributed by atoms with Crippen molar-refractivity contribution in [3.8, 4) is 0 Å². The van der Waals surface area contributed by atoms with Crippen LogP contribution in [0.15, 0.2) is 24.3 Å². The van der Waals surface area contributed by atoms with Crippen molar-refractivity contribution in [3.63, 3.8) is 0 Å². The molecule has 1 aliphatic rings. The van der Waals surface area contributed by atoms with Gasteiger partial charge in [-0.3, -0.25) is 14.9 Å². The Balaban J connectivity index is 2.35. The highest BCUT2D eigenvalue weighted by Crippen LogP contribution is 2.54. The number of nitro groups is 1. The fourth-order valence-electron chi connectivity index (χ4n) is 2.84. The van der Waals surface area contributed by atoms with Gasteiger partial charge in [0.2, 0.25) is 0 Å². The summed E-state index contributed by atoms with van der Waals surface area (Å²) in [6.45, 7) is 6.28. The first-order valence-electron chi connectivity index (χ1n) is 6.65. The van der Waals surface area contributed by atoms with Crippen molar-refractivity contribution in [1.82, 2.24) is 0 Å². The van der Waals surface area contributed by atoms with E-state index in [0.29, 0.717) is 24.3 Å². The van der Waals surface area contributed by atoms with E-state index in [1.807, 2.05) is 0 Å². The molecule has 2 rings (SSSR count). The smallest absolute Gasteiger partial charge is 0.314 e. The number of carbonyl (C=O) groups is 1. The average Bonchev–Trinajstić information content (AvgIpc) is 2.25. The van der Waals surface area contributed by atoms with Gasteiger partial charge in [0, 0.05) is 12.1 Å². The maximum atomic E-state index is 11.7. The van der Waals surface area contributed by atoms with Gasteiger partial charge in [0.25, 0.3) is 5.69 Å². The minimum atomic E-state index is -0.968. The van der Waals surface area contributed by atoms with Crippen LogP contribution < -0.4 is 0 Å². The number of benzene rings is 1. The molecule has 1 N–H and O–H groups in total. The summed E-state index contributed by atoms with van der Waals surface area (Å²) in [5.41, 5.74) is -0.425. The van der Waals surface area contributed by atoms with E-state index in [4.69, 9.17) is 0 Å². The molecule has 0 bridgehead atoms. The summed E-state index contributed by atoms with van der Waals surface area (Å²) in [6, 6.07) is 6.02. The van der Waals surface area contributed by atoms with Crippen LogP contribution in [-0.2, 0) is 10.2 Å². The Bertz CT molecular complexity index is 553. The van der Waals surface area contributed by atoms with E-state index in [0.717, 1.165) is 0 Å². The van der Waals surface area contributed by atoms with Crippen molar-refractivity contribution in [1.29, 1.82) is 0 Å². The monoisotopic (exact) mass is 277 g/mol. The average molecular weight is 277 g/mol. The van der Waals surface area contributed by atoms with E-state index < -0.39 is 16.3 Å². The number of carboxylic acids is 1. The summed E-state index contributed by atoms with van der Waals surface area (Å²) < 4.78 is 0. The molecule has 1 aromatic rings. The van der Waals surface area contributed by atoms with Gasteiger partial charge in [-0.25, -0.2) is 0 Å². The number of hydrogen-bond acceptors (Lipinski definition) is 3. The number of nitro benzene ring substituents is 1. The highest BCUT2D eigenvalue weighted by Gasteiger charge is 2.54. The third-order valence-electron chi connectivity index (χ3n) is 4.43. The number of non-ortho nitro benzene ring substituents is 1. The van der Waals surface area contributed by atoms with E-state index in [9.17, 15) is 20.0 Å². The number of nitrogens with zero attached hydrogens (tertiary/aromatic N) is 1. The fraction of sp³-hybridized carbons (Fsp3) is 0.533. The first kappa shape index (κ1) is 14.5. The molecular weight excluding hydrogens is 258 g/mol. The summed E-state index contributed by atoms with van der Waals surface area (Å²) in [5, 5.41) is 20.4. The lowest BCUT2D eigenvalue weighted by molar-refractivity contribution is -0.385. The van der Waals surface area contributed by atoms with E-state index >= 15 is 0 Å². The first-order chi connectivity index (χ1) is 9.17. The van der Waals surface area contributed by atoms with Crippen LogP contribution in [0.4, 0.5) is 5.69 Å². The maximum Gasteiger partial charge on any atom is 0.314 e. The summed E-state index contributed by atoms with van der Waals surface area (Å²) in [5.74, 6) is -0.573. The topological polar surface area (TPSA) is 80.4 Å². The summed E-state index contributed by atoms with van der Waals surface area (Å²) in [6.07, 6.45) is 1.07. The van der Waals surface area contributed by atoms with E-state index in [1.54, 1.807) is 12.1 Å². The van der Waals surface area contributed by atoms with Gasteiger partial charge in [-0.15, -0.1) is 0 Å². The summed E-state index contributed by atoms with van der Waals surface area (Å²) in [4.78, 5) is 22.0. The van der Waals surface area contributed by atoms with Crippen molar-refractivity contribution in [2.75, 3.05) is 0 Å². The van der Waals surface area contributed by atoms with Gasteiger partial charge in [-0.1, -0.05) is 32.9 Å². The molecule has 5 nitrogen and oxygen atoms in total. The zero-order valence-electron chi connectivity index (χ0n) is 11.9. The predicted octanol–water partition coefficient (Wildman–Crippen LogP) is 3.37. The quantitative estimate of drug-likeness (QED) is 0.678. The van der Waals surface area contributed by atoms with Crippen molar-refractivity contribution < 1.29 is 14.8 Å². The summed E-state index contributed by atoms with van der Waals surface area (Å²) >= 11 is 0. The lowest BCUT2D eigenvalue weighted by Gasteiger charge is -2.50. The van der Waals surface area contributed by atoms with Gasteiger partial charge in [-0.2, -0.15) is 0 Å². The second-order valence-corrected chi connectivity index (χ2v) is 6.67. The Hall–Kier alpha value is -1.91. The second kappa shape index (κ2) is 4.58. The SMILES string of the molecule is CC(C)(C)C1CC(C(=O)O)(c2cccc([N+](=O)[O-])c2)C1. The van der Waals surface area contributed by atoms with Crippen LogP contribution in [-0.4, -0.2) is 16.0 Å². The highest BCUT2D eigenvalue weighted by molar-refractivity contribution is 5.83. The van der Waals surface area contributed by atoms with Crippen molar-refractivity contribution in [2.24, 2.45) is 11.3 Å². The molecule has 0 aliphatic heterocycles. The number of hydrogen-bond donors (Lipinski definition) is 1. The zero-order chi connectivity index (χ0) is 15.1. The molecule has 0 radical (unpaired) electrons. The van der Waals surface area contributed by atoms with E-state index in [1.165, 1.54) is 12.1 Å². The van der Waals surface area contributed by atoms with Gasteiger partial charge in [0.15, 0.2) is 0 Å². The molecule has 0 heterocycles. The van der Waals surface area contributed by atoms with Gasteiger partial charge < -0.3 is 5.11 Å². The largest absolute Gasteiger partial charge is 0.481 e. The van der Waals surface area contributed by atoms with Crippen molar-refractivity contribution >= 4 is 11.7 Å². The minimum Gasteiger partial charge on any atom is -0.481 e. The normalized spacial score (nSPS) is 25.9. The molecular formula is C15H19NO4.